The molecule has 1 unspecified atom stereocenters. The van der Waals surface area contributed by atoms with Crippen molar-refractivity contribution in [1.29, 1.82) is 0 Å². The predicted molar refractivity (Wildman–Crippen MR) is 81.5 cm³/mol. The van der Waals surface area contributed by atoms with Gasteiger partial charge >= 0.3 is 0 Å². The van der Waals surface area contributed by atoms with E-state index < -0.39 is 0 Å². The molecule has 1 aliphatic carbocycles. The molecule has 2 N–H and O–H groups in total. The van der Waals surface area contributed by atoms with E-state index in [0.717, 1.165) is 12.3 Å². The summed E-state index contributed by atoms with van der Waals surface area (Å²) in [5.41, 5.74) is 9.21. The summed E-state index contributed by atoms with van der Waals surface area (Å²) < 4.78 is 0. The fraction of sp³-hybridized carbons (Fsp3) is 0.647. The zero-order valence-corrected chi connectivity index (χ0v) is 12.2. The third kappa shape index (κ3) is 2.51. The first-order chi connectivity index (χ1) is 9.05. The van der Waals surface area contributed by atoms with Crippen LogP contribution in [0.3, 0.4) is 0 Å². The molecular formula is C17H26N2. The van der Waals surface area contributed by atoms with E-state index in [1.165, 1.54) is 43.5 Å². The lowest BCUT2D eigenvalue weighted by atomic mass is 9.92. The van der Waals surface area contributed by atoms with Gasteiger partial charge < -0.3 is 10.6 Å². The van der Waals surface area contributed by atoms with Crippen LogP contribution < -0.4 is 10.6 Å². The summed E-state index contributed by atoms with van der Waals surface area (Å²) in [6.07, 6.45) is 6.73. The largest absolute Gasteiger partial charge is 0.366 e. The molecule has 3 rings (SSSR count). The minimum atomic E-state index is -0.141. The van der Waals surface area contributed by atoms with Crippen LogP contribution in [-0.4, -0.2) is 18.1 Å². The number of fused-ring (bicyclic) bond motifs is 1. The van der Waals surface area contributed by atoms with Gasteiger partial charge in [0.05, 0.1) is 6.04 Å². The van der Waals surface area contributed by atoms with Gasteiger partial charge in [0, 0.05) is 17.8 Å². The van der Waals surface area contributed by atoms with Crippen LogP contribution >= 0.6 is 0 Å². The molecule has 0 bridgehead atoms. The van der Waals surface area contributed by atoms with Crippen molar-refractivity contribution in [2.45, 2.75) is 57.5 Å². The van der Waals surface area contributed by atoms with Gasteiger partial charge in [0.25, 0.3) is 0 Å². The van der Waals surface area contributed by atoms with Crippen molar-refractivity contribution in [3.8, 4) is 0 Å². The molecule has 1 fully saturated rings. The number of hydrogen-bond donors (Lipinski definition) is 1. The van der Waals surface area contributed by atoms with Crippen LogP contribution in [0.15, 0.2) is 24.3 Å². The van der Waals surface area contributed by atoms with Crippen molar-refractivity contribution >= 4 is 5.69 Å². The lowest BCUT2D eigenvalue weighted by molar-refractivity contribution is 0.376. The summed E-state index contributed by atoms with van der Waals surface area (Å²) in [5, 5.41) is 0. The Labute approximate surface area is 117 Å². The summed E-state index contributed by atoms with van der Waals surface area (Å²) >= 11 is 0. The average molecular weight is 258 g/mol. The average Bonchev–Trinajstić information content (AvgIpc) is 2.97. The van der Waals surface area contributed by atoms with E-state index in [2.05, 4.69) is 43.0 Å². The highest BCUT2D eigenvalue weighted by atomic mass is 15.2. The van der Waals surface area contributed by atoms with E-state index in [1.54, 1.807) is 0 Å². The molecule has 1 heterocycles. The molecule has 0 saturated heterocycles. The quantitative estimate of drug-likeness (QED) is 0.901. The summed E-state index contributed by atoms with van der Waals surface area (Å²) in [5.74, 6) is 0.871. The monoisotopic (exact) mass is 258 g/mol. The zero-order valence-electron chi connectivity index (χ0n) is 12.2. The van der Waals surface area contributed by atoms with Crippen LogP contribution in [0, 0.1) is 5.92 Å². The van der Waals surface area contributed by atoms with Gasteiger partial charge in [-0.15, -0.1) is 0 Å². The predicted octanol–water partition coefficient (Wildman–Crippen LogP) is 3.35. The summed E-state index contributed by atoms with van der Waals surface area (Å²) in [6, 6.07) is 9.30. The number of anilines is 1. The SMILES string of the molecule is CC(C)(N)C1Cc2ccccc2N1CC1CCCC1. The Bertz CT molecular complexity index is 441. The van der Waals surface area contributed by atoms with Crippen molar-refractivity contribution in [3.05, 3.63) is 29.8 Å². The van der Waals surface area contributed by atoms with Gasteiger partial charge in [-0.05, 0) is 50.7 Å². The minimum absolute atomic E-state index is 0.141. The molecule has 2 aliphatic rings. The molecule has 2 heteroatoms. The van der Waals surface area contributed by atoms with E-state index in [9.17, 15) is 0 Å². The van der Waals surface area contributed by atoms with E-state index in [4.69, 9.17) is 5.73 Å². The highest BCUT2D eigenvalue weighted by Gasteiger charge is 2.38. The Kier molecular flexibility index (Phi) is 3.30. The maximum atomic E-state index is 6.44. The van der Waals surface area contributed by atoms with Gasteiger partial charge in [0.1, 0.15) is 0 Å². The van der Waals surface area contributed by atoms with Gasteiger partial charge in [0.15, 0.2) is 0 Å². The molecule has 19 heavy (non-hydrogen) atoms. The number of nitrogens with zero attached hydrogens (tertiary/aromatic N) is 1. The smallest absolute Gasteiger partial charge is 0.0505 e. The Balaban J connectivity index is 1.86. The van der Waals surface area contributed by atoms with Gasteiger partial charge in [-0.25, -0.2) is 0 Å². The first-order valence-electron chi connectivity index (χ1n) is 7.69. The molecule has 1 saturated carbocycles. The van der Waals surface area contributed by atoms with Crippen molar-refractivity contribution in [3.63, 3.8) is 0 Å². The molecule has 0 spiro atoms. The Morgan fingerprint density at radius 2 is 1.89 bits per heavy atom. The highest BCUT2D eigenvalue weighted by Crippen LogP contribution is 2.38. The van der Waals surface area contributed by atoms with E-state index in [1.807, 2.05) is 0 Å². The highest BCUT2D eigenvalue weighted by molar-refractivity contribution is 5.60. The zero-order chi connectivity index (χ0) is 13.5. The minimum Gasteiger partial charge on any atom is -0.366 e. The summed E-state index contributed by atoms with van der Waals surface area (Å²) in [4.78, 5) is 2.60. The Morgan fingerprint density at radius 1 is 1.21 bits per heavy atom. The number of nitrogens with two attached hydrogens (primary N) is 1. The Morgan fingerprint density at radius 3 is 2.58 bits per heavy atom. The van der Waals surface area contributed by atoms with Crippen LogP contribution in [0.25, 0.3) is 0 Å². The van der Waals surface area contributed by atoms with E-state index in [0.29, 0.717) is 6.04 Å². The lowest BCUT2D eigenvalue weighted by Crippen LogP contribution is -2.54. The van der Waals surface area contributed by atoms with Crippen molar-refractivity contribution in [2.75, 3.05) is 11.4 Å². The number of benzene rings is 1. The molecule has 104 valence electrons. The number of rotatable bonds is 3. The molecule has 1 aromatic rings. The van der Waals surface area contributed by atoms with Crippen molar-refractivity contribution < 1.29 is 0 Å². The Hall–Kier alpha value is -1.02. The molecular weight excluding hydrogens is 232 g/mol. The van der Waals surface area contributed by atoms with Crippen LogP contribution in [-0.2, 0) is 6.42 Å². The van der Waals surface area contributed by atoms with Crippen LogP contribution in [0.5, 0.6) is 0 Å². The summed E-state index contributed by atoms with van der Waals surface area (Å²) in [7, 11) is 0. The molecule has 0 aromatic heterocycles. The molecule has 1 aliphatic heterocycles. The van der Waals surface area contributed by atoms with Gasteiger partial charge in [-0.2, -0.15) is 0 Å². The fourth-order valence-corrected chi connectivity index (χ4v) is 3.81. The first-order valence-corrected chi connectivity index (χ1v) is 7.69. The third-order valence-corrected chi connectivity index (χ3v) is 4.88. The normalized spacial score (nSPS) is 23.9. The van der Waals surface area contributed by atoms with Crippen molar-refractivity contribution in [2.24, 2.45) is 11.7 Å². The standard InChI is InChI=1S/C17H26N2/c1-17(2,18)16-11-14-9-5-6-10-15(14)19(16)12-13-7-3-4-8-13/h5-6,9-10,13,16H,3-4,7-8,11-12,18H2,1-2H3. The summed E-state index contributed by atoms with van der Waals surface area (Å²) in [6.45, 7) is 5.54. The van der Waals surface area contributed by atoms with Crippen LogP contribution in [0.1, 0.15) is 45.1 Å². The van der Waals surface area contributed by atoms with E-state index >= 15 is 0 Å². The maximum absolute atomic E-state index is 6.44. The van der Waals surface area contributed by atoms with Gasteiger partial charge in [0.2, 0.25) is 0 Å². The number of para-hydroxylation sites is 1. The van der Waals surface area contributed by atoms with Gasteiger partial charge in [-0.3, -0.25) is 0 Å². The van der Waals surface area contributed by atoms with Crippen LogP contribution in [0.4, 0.5) is 5.69 Å². The molecule has 1 atom stereocenters. The molecule has 2 nitrogen and oxygen atoms in total. The molecule has 1 aromatic carbocycles. The molecule has 0 radical (unpaired) electrons. The second-order valence-electron chi connectivity index (χ2n) is 6.97. The van der Waals surface area contributed by atoms with Crippen LogP contribution in [0.2, 0.25) is 0 Å². The first kappa shape index (κ1) is 13.0. The fourth-order valence-electron chi connectivity index (χ4n) is 3.81. The second kappa shape index (κ2) is 4.82. The topological polar surface area (TPSA) is 29.3 Å². The maximum Gasteiger partial charge on any atom is 0.0505 e. The van der Waals surface area contributed by atoms with Gasteiger partial charge in [-0.1, -0.05) is 31.0 Å². The second-order valence-corrected chi connectivity index (χ2v) is 6.97. The third-order valence-electron chi connectivity index (χ3n) is 4.88. The lowest BCUT2D eigenvalue weighted by Gasteiger charge is -2.38. The molecule has 0 amide bonds. The van der Waals surface area contributed by atoms with E-state index in [-0.39, 0.29) is 5.54 Å². The number of hydrogen-bond acceptors (Lipinski definition) is 2. The van der Waals surface area contributed by atoms with Crippen molar-refractivity contribution in [1.82, 2.24) is 0 Å².